The summed E-state index contributed by atoms with van der Waals surface area (Å²) in [6.45, 7) is 1.73. The highest BCUT2D eigenvalue weighted by Crippen LogP contribution is 2.12. The SMILES string of the molecule is CC(NC(=O)C(Cc1ccc(O)cc1)NC(=O)C(N)CC(=O)O)C(=O)NC(CCCCN)C(=O)O. The van der Waals surface area contributed by atoms with Gasteiger partial charge in [-0.1, -0.05) is 12.1 Å². The molecular weight excluding hydrogens is 462 g/mol. The Hall–Kier alpha value is -3.71. The highest BCUT2D eigenvalue weighted by molar-refractivity contribution is 5.94. The van der Waals surface area contributed by atoms with Crippen LogP contribution in [0.2, 0.25) is 0 Å². The van der Waals surface area contributed by atoms with E-state index in [1.807, 2.05) is 0 Å². The summed E-state index contributed by atoms with van der Waals surface area (Å²) >= 11 is 0. The first-order valence-electron chi connectivity index (χ1n) is 11.0. The Kier molecular flexibility index (Phi) is 12.2. The lowest BCUT2D eigenvalue weighted by Crippen LogP contribution is -2.57. The van der Waals surface area contributed by atoms with E-state index in [-0.39, 0.29) is 18.6 Å². The molecule has 0 fully saturated rings. The van der Waals surface area contributed by atoms with Crippen molar-refractivity contribution in [3.05, 3.63) is 29.8 Å². The van der Waals surface area contributed by atoms with E-state index in [1.54, 1.807) is 0 Å². The zero-order valence-electron chi connectivity index (χ0n) is 19.4. The zero-order valence-corrected chi connectivity index (χ0v) is 19.4. The lowest BCUT2D eigenvalue weighted by molar-refractivity contribution is -0.142. The standard InChI is InChI=1S/C22H33N5O8/c1-12(19(31)26-16(22(34)35)4-2-3-9-23)25-21(33)17(10-13-5-7-14(28)8-6-13)27-20(32)15(24)11-18(29)30/h5-8,12,15-17,28H,2-4,9-11,23-24H2,1H3,(H,25,33)(H,26,31)(H,27,32)(H,29,30)(H,34,35). The second kappa shape index (κ2) is 14.5. The van der Waals surface area contributed by atoms with Crippen molar-refractivity contribution >= 4 is 29.7 Å². The van der Waals surface area contributed by atoms with E-state index in [0.29, 0.717) is 24.9 Å². The van der Waals surface area contributed by atoms with Gasteiger partial charge in [0, 0.05) is 6.42 Å². The third-order valence-corrected chi connectivity index (χ3v) is 5.05. The minimum Gasteiger partial charge on any atom is -0.508 e. The van der Waals surface area contributed by atoms with Gasteiger partial charge in [-0.05, 0) is 50.4 Å². The molecule has 0 saturated heterocycles. The van der Waals surface area contributed by atoms with Crippen LogP contribution in [0.1, 0.15) is 38.2 Å². The topological polar surface area (TPSA) is 234 Å². The van der Waals surface area contributed by atoms with Crippen molar-refractivity contribution in [1.82, 2.24) is 16.0 Å². The van der Waals surface area contributed by atoms with Gasteiger partial charge in [-0.2, -0.15) is 0 Å². The highest BCUT2D eigenvalue weighted by Gasteiger charge is 2.29. The van der Waals surface area contributed by atoms with Crippen LogP contribution in [0.15, 0.2) is 24.3 Å². The molecule has 3 amide bonds. The number of aliphatic carboxylic acids is 2. The van der Waals surface area contributed by atoms with E-state index in [4.69, 9.17) is 16.6 Å². The van der Waals surface area contributed by atoms with Crippen molar-refractivity contribution in [3.8, 4) is 5.75 Å². The van der Waals surface area contributed by atoms with Gasteiger partial charge in [-0.25, -0.2) is 4.79 Å². The number of unbranched alkanes of at least 4 members (excludes halogenated alkanes) is 1. The Balaban J connectivity index is 2.90. The number of benzene rings is 1. The Morgan fingerprint density at radius 2 is 1.49 bits per heavy atom. The summed E-state index contributed by atoms with van der Waals surface area (Å²) in [5, 5.41) is 34.8. The van der Waals surface area contributed by atoms with Crippen LogP contribution in [0.25, 0.3) is 0 Å². The van der Waals surface area contributed by atoms with E-state index in [2.05, 4.69) is 16.0 Å². The van der Waals surface area contributed by atoms with Gasteiger partial charge < -0.3 is 42.7 Å². The molecule has 0 aliphatic heterocycles. The van der Waals surface area contributed by atoms with E-state index in [1.165, 1.54) is 31.2 Å². The summed E-state index contributed by atoms with van der Waals surface area (Å²) in [5.41, 5.74) is 11.5. The smallest absolute Gasteiger partial charge is 0.326 e. The van der Waals surface area contributed by atoms with Crippen LogP contribution in [-0.4, -0.2) is 75.7 Å². The van der Waals surface area contributed by atoms with Crippen molar-refractivity contribution in [2.75, 3.05) is 6.54 Å². The number of carbonyl (C=O) groups is 5. The minimum atomic E-state index is -1.41. The highest BCUT2D eigenvalue weighted by atomic mass is 16.4. The summed E-state index contributed by atoms with van der Waals surface area (Å²) in [5.74, 6) is -4.92. The van der Waals surface area contributed by atoms with Crippen LogP contribution in [-0.2, 0) is 30.4 Å². The van der Waals surface area contributed by atoms with Crippen LogP contribution in [0.5, 0.6) is 5.75 Å². The van der Waals surface area contributed by atoms with E-state index < -0.39 is 60.2 Å². The number of carboxylic acids is 2. The Labute approximate surface area is 202 Å². The van der Waals surface area contributed by atoms with E-state index >= 15 is 0 Å². The minimum absolute atomic E-state index is 0.00740. The molecule has 10 N–H and O–H groups in total. The number of carbonyl (C=O) groups excluding carboxylic acids is 3. The molecule has 4 atom stereocenters. The van der Waals surface area contributed by atoms with Gasteiger partial charge in [0.25, 0.3) is 0 Å². The molecule has 0 aromatic heterocycles. The van der Waals surface area contributed by atoms with E-state index in [0.717, 1.165) is 0 Å². The summed E-state index contributed by atoms with van der Waals surface area (Å²) in [4.78, 5) is 60.0. The summed E-state index contributed by atoms with van der Waals surface area (Å²) < 4.78 is 0. The number of nitrogens with one attached hydrogen (secondary N) is 3. The molecule has 13 heteroatoms. The molecule has 0 radical (unpaired) electrons. The maximum atomic E-state index is 12.9. The normalized spacial score (nSPS) is 14.1. The third kappa shape index (κ3) is 10.8. The molecule has 1 rings (SSSR count). The molecule has 0 saturated carbocycles. The molecule has 0 aliphatic carbocycles. The molecule has 1 aromatic carbocycles. The summed E-state index contributed by atoms with van der Waals surface area (Å²) in [6, 6.07) is 0.863. The third-order valence-electron chi connectivity index (χ3n) is 5.05. The zero-order chi connectivity index (χ0) is 26.5. The van der Waals surface area contributed by atoms with Gasteiger partial charge in [-0.3, -0.25) is 19.2 Å². The summed E-state index contributed by atoms with van der Waals surface area (Å²) in [6.07, 6.45) is 0.544. The van der Waals surface area contributed by atoms with Crippen molar-refractivity contribution in [3.63, 3.8) is 0 Å². The number of phenolic OH excluding ortho intramolecular Hbond substituents is 1. The largest absolute Gasteiger partial charge is 0.508 e. The van der Waals surface area contributed by atoms with Crippen LogP contribution in [0, 0.1) is 0 Å². The second-order valence-electron chi connectivity index (χ2n) is 8.05. The van der Waals surface area contributed by atoms with Crippen LogP contribution in [0.3, 0.4) is 0 Å². The van der Waals surface area contributed by atoms with Gasteiger partial charge in [-0.15, -0.1) is 0 Å². The lowest BCUT2D eigenvalue weighted by atomic mass is 10.0. The van der Waals surface area contributed by atoms with Gasteiger partial charge in [0.2, 0.25) is 17.7 Å². The van der Waals surface area contributed by atoms with Gasteiger partial charge >= 0.3 is 11.9 Å². The fourth-order valence-corrected chi connectivity index (χ4v) is 3.06. The quantitative estimate of drug-likeness (QED) is 0.130. The Morgan fingerprint density at radius 1 is 0.886 bits per heavy atom. The number of amides is 3. The van der Waals surface area contributed by atoms with Crippen molar-refractivity contribution < 1.29 is 39.3 Å². The number of nitrogens with two attached hydrogens (primary N) is 2. The lowest BCUT2D eigenvalue weighted by Gasteiger charge is -2.23. The molecule has 13 nitrogen and oxygen atoms in total. The number of hydrogen-bond donors (Lipinski definition) is 8. The molecule has 0 heterocycles. The Bertz CT molecular complexity index is 892. The van der Waals surface area contributed by atoms with Crippen molar-refractivity contribution in [1.29, 1.82) is 0 Å². The van der Waals surface area contributed by atoms with Crippen LogP contribution in [0.4, 0.5) is 0 Å². The first kappa shape index (κ1) is 29.3. The predicted molar refractivity (Wildman–Crippen MR) is 124 cm³/mol. The number of aromatic hydroxyl groups is 1. The first-order chi connectivity index (χ1) is 16.4. The average Bonchev–Trinajstić information content (AvgIpc) is 2.78. The van der Waals surface area contributed by atoms with Crippen molar-refractivity contribution in [2.45, 2.75) is 63.2 Å². The number of phenols is 1. The molecule has 194 valence electrons. The van der Waals surface area contributed by atoms with E-state index in [9.17, 15) is 34.2 Å². The number of carboxylic acid groups (broad SMARTS) is 2. The predicted octanol–water partition coefficient (Wildman–Crippen LogP) is -1.58. The first-order valence-corrected chi connectivity index (χ1v) is 11.0. The molecule has 0 bridgehead atoms. The number of hydrogen-bond acceptors (Lipinski definition) is 8. The Morgan fingerprint density at radius 3 is 2.03 bits per heavy atom. The maximum absolute atomic E-state index is 12.9. The fourth-order valence-electron chi connectivity index (χ4n) is 3.06. The molecule has 4 unspecified atom stereocenters. The van der Waals surface area contributed by atoms with Crippen LogP contribution >= 0.6 is 0 Å². The molecule has 0 spiro atoms. The maximum Gasteiger partial charge on any atom is 0.326 e. The fraction of sp³-hybridized carbons (Fsp3) is 0.500. The average molecular weight is 496 g/mol. The number of rotatable bonds is 15. The van der Waals surface area contributed by atoms with Gasteiger partial charge in [0.1, 0.15) is 23.9 Å². The van der Waals surface area contributed by atoms with Gasteiger partial charge in [0.05, 0.1) is 12.5 Å². The van der Waals surface area contributed by atoms with Crippen molar-refractivity contribution in [2.24, 2.45) is 11.5 Å². The molecule has 0 aliphatic rings. The van der Waals surface area contributed by atoms with Crippen LogP contribution < -0.4 is 27.4 Å². The monoisotopic (exact) mass is 495 g/mol. The molecule has 35 heavy (non-hydrogen) atoms. The summed E-state index contributed by atoms with van der Waals surface area (Å²) in [7, 11) is 0. The van der Waals surface area contributed by atoms with Gasteiger partial charge in [0.15, 0.2) is 0 Å². The molecule has 1 aromatic rings. The second-order valence-corrected chi connectivity index (χ2v) is 8.05. The molecular formula is C22H33N5O8.